The Hall–Kier alpha value is -0.530. The van der Waals surface area contributed by atoms with Gasteiger partial charge in [-0.05, 0) is 55.3 Å². The molecule has 4 aliphatic carbocycles. The fourth-order valence-corrected chi connectivity index (χ4v) is 5.69. The number of carbonyl (C=O) groups is 1. The first-order valence-corrected chi connectivity index (χ1v) is 6.08. The van der Waals surface area contributed by atoms with Crippen LogP contribution in [0.1, 0.15) is 52.4 Å². The van der Waals surface area contributed by atoms with Crippen molar-refractivity contribution in [2.24, 2.45) is 22.2 Å². The van der Waals surface area contributed by atoms with Gasteiger partial charge in [-0.25, -0.2) is 0 Å². The summed E-state index contributed by atoms with van der Waals surface area (Å²) < 4.78 is 0. The minimum Gasteiger partial charge on any atom is -0.481 e. The van der Waals surface area contributed by atoms with Crippen LogP contribution in [0.3, 0.4) is 0 Å². The summed E-state index contributed by atoms with van der Waals surface area (Å²) in [7, 11) is 0. The summed E-state index contributed by atoms with van der Waals surface area (Å²) >= 11 is 0. The van der Waals surface area contributed by atoms with Crippen LogP contribution in [-0.4, -0.2) is 11.1 Å². The van der Waals surface area contributed by atoms with Gasteiger partial charge in [-0.2, -0.15) is 0 Å². The van der Waals surface area contributed by atoms with E-state index in [1.54, 1.807) is 0 Å². The third kappa shape index (κ3) is 1.20. The van der Waals surface area contributed by atoms with E-state index in [9.17, 15) is 9.90 Å². The van der Waals surface area contributed by atoms with E-state index in [4.69, 9.17) is 0 Å². The monoisotopic (exact) mass is 208 g/mol. The summed E-state index contributed by atoms with van der Waals surface area (Å²) in [5.41, 5.74) is 0.294. The molecule has 0 aromatic rings. The van der Waals surface area contributed by atoms with Gasteiger partial charge in [0.15, 0.2) is 0 Å². The largest absolute Gasteiger partial charge is 0.481 e. The molecule has 2 heteroatoms. The highest BCUT2D eigenvalue weighted by molar-refractivity contribution is 5.75. The first kappa shape index (κ1) is 9.68. The van der Waals surface area contributed by atoms with Crippen molar-refractivity contribution < 1.29 is 9.90 Å². The molecule has 0 aromatic carbocycles. The second-order valence-corrected chi connectivity index (χ2v) is 7.22. The Balaban J connectivity index is 2.05. The van der Waals surface area contributed by atoms with Crippen LogP contribution in [0, 0.1) is 22.2 Å². The first-order valence-electron chi connectivity index (χ1n) is 6.08. The third-order valence-electron chi connectivity index (χ3n) is 5.08. The van der Waals surface area contributed by atoms with Gasteiger partial charge in [0.1, 0.15) is 0 Å². The summed E-state index contributed by atoms with van der Waals surface area (Å²) in [5.74, 6) is 0.163. The Morgan fingerprint density at radius 2 is 1.60 bits per heavy atom. The predicted octanol–water partition coefficient (Wildman–Crippen LogP) is 3.07. The van der Waals surface area contributed by atoms with Crippen molar-refractivity contribution in [1.82, 2.24) is 0 Å². The molecular formula is C13H20O2. The minimum atomic E-state index is -0.524. The van der Waals surface area contributed by atoms with E-state index < -0.39 is 5.97 Å². The van der Waals surface area contributed by atoms with Crippen LogP contribution in [0.15, 0.2) is 0 Å². The molecule has 1 N–H and O–H groups in total. The zero-order valence-corrected chi connectivity index (χ0v) is 9.68. The maximum Gasteiger partial charge on any atom is 0.309 e. The molecule has 4 saturated carbocycles. The van der Waals surface area contributed by atoms with Crippen molar-refractivity contribution in [1.29, 1.82) is 0 Å². The second kappa shape index (κ2) is 2.41. The van der Waals surface area contributed by atoms with E-state index in [0.29, 0.717) is 16.7 Å². The lowest BCUT2D eigenvalue weighted by Gasteiger charge is -2.63. The molecule has 15 heavy (non-hydrogen) atoms. The van der Waals surface area contributed by atoms with Gasteiger partial charge in [0.05, 0.1) is 5.41 Å². The highest BCUT2D eigenvalue weighted by atomic mass is 16.4. The van der Waals surface area contributed by atoms with Crippen LogP contribution >= 0.6 is 0 Å². The van der Waals surface area contributed by atoms with Crippen molar-refractivity contribution in [2.45, 2.75) is 52.4 Å². The Bertz CT molecular complexity index is 315. The molecule has 2 atom stereocenters. The summed E-state index contributed by atoms with van der Waals surface area (Å²) in [6.07, 6.45) is 6.62. The van der Waals surface area contributed by atoms with Crippen molar-refractivity contribution >= 4 is 5.97 Å². The SMILES string of the molecule is C[C@@]12CC3CC(C(=O)O)(C1)C[C@@](C)(C3)C2. The van der Waals surface area contributed by atoms with Gasteiger partial charge >= 0.3 is 5.97 Å². The van der Waals surface area contributed by atoms with Crippen LogP contribution in [0.25, 0.3) is 0 Å². The van der Waals surface area contributed by atoms with Gasteiger partial charge in [0.2, 0.25) is 0 Å². The van der Waals surface area contributed by atoms with Crippen molar-refractivity contribution in [3.8, 4) is 0 Å². The molecule has 4 bridgehead atoms. The number of carboxylic acids is 1. The lowest BCUT2D eigenvalue weighted by atomic mass is 9.40. The number of aliphatic carboxylic acids is 1. The Morgan fingerprint density at radius 3 is 2.00 bits per heavy atom. The smallest absolute Gasteiger partial charge is 0.309 e. The van der Waals surface area contributed by atoms with E-state index in [0.717, 1.165) is 19.3 Å². The van der Waals surface area contributed by atoms with E-state index in [1.807, 2.05) is 0 Å². The van der Waals surface area contributed by atoms with E-state index in [2.05, 4.69) is 13.8 Å². The molecule has 0 unspecified atom stereocenters. The standard InChI is InChI=1S/C13H20O2/c1-11-3-9-4-12(2,6-11)8-13(5-9,7-11)10(14)15/h9H,3-8H2,1-2H3,(H,14,15)/t9?,11-,12-,13?/m0/s1. The van der Waals surface area contributed by atoms with Gasteiger partial charge in [-0.3, -0.25) is 4.79 Å². The Labute approximate surface area is 91.1 Å². The molecule has 4 rings (SSSR count). The number of carboxylic acid groups (broad SMARTS) is 1. The number of hydrogen-bond acceptors (Lipinski definition) is 1. The fourth-order valence-electron chi connectivity index (χ4n) is 5.69. The van der Waals surface area contributed by atoms with E-state index >= 15 is 0 Å². The maximum atomic E-state index is 11.5. The molecule has 0 heterocycles. The lowest BCUT2D eigenvalue weighted by Crippen LogP contribution is -2.57. The van der Waals surface area contributed by atoms with Crippen molar-refractivity contribution in [2.75, 3.05) is 0 Å². The molecule has 0 aliphatic heterocycles. The van der Waals surface area contributed by atoms with Crippen LogP contribution in [0.5, 0.6) is 0 Å². The van der Waals surface area contributed by atoms with Crippen LogP contribution in [0.2, 0.25) is 0 Å². The quantitative estimate of drug-likeness (QED) is 0.719. The predicted molar refractivity (Wildman–Crippen MR) is 57.5 cm³/mol. The average molecular weight is 208 g/mol. The molecule has 0 aromatic heterocycles. The molecular weight excluding hydrogens is 188 g/mol. The van der Waals surface area contributed by atoms with E-state index in [1.165, 1.54) is 19.3 Å². The zero-order chi connectivity index (χ0) is 10.9. The summed E-state index contributed by atoms with van der Waals surface area (Å²) in [6, 6.07) is 0. The average Bonchev–Trinajstić information content (AvgIpc) is 1.95. The number of hydrogen-bond donors (Lipinski definition) is 1. The normalized spacial score (nSPS) is 57.1. The highest BCUT2D eigenvalue weighted by Crippen LogP contribution is 2.69. The molecule has 0 saturated heterocycles. The van der Waals surface area contributed by atoms with Crippen molar-refractivity contribution in [3.05, 3.63) is 0 Å². The lowest BCUT2D eigenvalue weighted by molar-refractivity contribution is -0.185. The molecule has 0 amide bonds. The van der Waals surface area contributed by atoms with E-state index in [-0.39, 0.29) is 5.41 Å². The molecule has 4 aliphatic rings. The van der Waals surface area contributed by atoms with Gasteiger partial charge < -0.3 is 5.11 Å². The maximum absolute atomic E-state index is 11.5. The topological polar surface area (TPSA) is 37.3 Å². The Morgan fingerprint density at radius 1 is 1.07 bits per heavy atom. The van der Waals surface area contributed by atoms with Gasteiger partial charge in [0, 0.05) is 0 Å². The van der Waals surface area contributed by atoms with Crippen LogP contribution in [0.4, 0.5) is 0 Å². The van der Waals surface area contributed by atoms with Gasteiger partial charge in [0.25, 0.3) is 0 Å². The molecule has 0 spiro atoms. The molecule has 2 nitrogen and oxygen atoms in total. The first-order chi connectivity index (χ1) is 6.85. The summed E-state index contributed by atoms with van der Waals surface area (Å²) in [4.78, 5) is 11.5. The fraction of sp³-hybridized carbons (Fsp3) is 0.923. The van der Waals surface area contributed by atoms with Crippen molar-refractivity contribution in [3.63, 3.8) is 0 Å². The number of rotatable bonds is 1. The zero-order valence-electron chi connectivity index (χ0n) is 9.68. The highest BCUT2D eigenvalue weighted by Gasteiger charge is 2.62. The van der Waals surface area contributed by atoms with Gasteiger partial charge in [-0.1, -0.05) is 13.8 Å². The Kier molecular flexibility index (Phi) is 1.56. The van der Waals surface area contributed by atoms with Gasteiger partial charge in [-0.15, -0.1) is 0 Å². The van der Waals surface area contributed by atoms with Crippen LogP contribution < -0.4 is 0 Å². The summed E-state index contributed by atoms with van der Waals surface area (Å²) in [6.45, 7) is 4.63. The molecule has 4 fully saturated rings. The second-order valence-electron chi connectivity index (χ2n) is 7.22. The molecule has 0 radical (unpaired) electrons. The summed E-state index contributed by atoms with van der Waals surface area (Å²) in [5, 5.41) is 9.51. The minimum absolute atomic E-state index is 0.326. The van der Waals surface area contributed by atoms with Crippen LogP contribution in [-0.2, 0) is 4.79 Å². The third-order valence-corrected chi connectivity index (χ3v) is 5.08. The molecule has 84 valence electrons.